The molecular formula is C10H16N6. The van der Waals surface area contributed by atoms with Crippen LogP contribution in [0.5, 0.6) is 0 Å². The monoisotopic (exact) mass is 220 g/mol. The van der Waals surface area contributed by atoms with Crippen molar-refractivity contribution in [1.29, 1.82) is 0 Å². The Kier molecular flexibility index (Phi) is 3.00. The molecule has 0 spiro atoms. The van der Waals surface area contributed by atoms with E-state index in [0.29, 0.717) is 0 Å². The van der Waals surface area contributed by atoms with Crippen LogP contribution in [0.3, 0.4) is 0 Å². The number of hydrogen-bond donors (Lipinski definition) is 0. The van der Waals surface area contributed by atoms with E-state index in [1.807, 2.05) is 35.7 Å². The molecule has 0 bridgehead atoms. The lowest BCUT2D eigenvalue weighted by molar-refractivity contribution is 0.306. The Morgan fingerprint density at radius 3 is 2.69 bits per heavy atom. The summed E-state index contributed by atoms with van der Waals surface area (Å²) in [5.74, 6) is 0.964. The highest BCUT2D eigenvalue weighted by Crippen LogP contribution is 2.04. The molecule has 2 heterocycles. The van der Waals surface area contributed by atoms with Crippen molar-refractivity contribution in [3.05, 3.63) is 30.1 Å². The number of aromatic nitrogens is 5. The second kappa shape index (κ2) is 4.44. The Hall–Kier alpha value is -1.69. The Labute approximate surface area is 94.5 Å². The zero-order valence-electron chi connectivity index (χ0n) is 9.83. The average molecular weight is 220 g/mol. The quantitative estimate of drug-likeness (QED) is 0.737. The zero-order valence-corrected chi connectivity index (χ0v) is 9.83. The van der Waals surface area contributed by atoms with Gasteiger partial charge >= 0.3 is 0 Å². The van der Waals surface area contributed by atoms with Gasteiger partial charge in [0.15, 0.2) is 0 Å². The highest BCUT2D eigenvalue weighted by molar-refractivity contribution is 5.03. The highest BCUT2D eigenvalue weighted by Gasteiger charge is 2.06. The van der Waals surface area contributed by atoms with E-state index in [4.69, 9.17) is 0 Å². The molecule has 0 amide bonds. The van der Waals surface area contributed by atoms with Gasteiger partial charge in [-0.15, -0.1) is 10.2 Å². The lowest BCUT2D eigenvalue weighted by Crippen LogP contribution is -2.19. The maximum absolute atomic E-state index is 4.14. The van der Waals surface area contributed by atoms with Gasteiger partial charge in [0.25, 0.3) is 0 Å². The average Bonchev–Trinajstić information content (AvgIpc) is 2.77. The summed E-state index contributed by atoms with van der Waals surface area (Å²) < 4.78 is 3.74. The molecule has 6 heteroatoms. The van der Waals surface area contributed by atoms with E-state index >= 15 is 0 Å². The molecular weight excluding hydrogens is 204 g/mol. The lowest BCUT2D eigenvalue weighted by Gasteiger charge is -2.14. The van der Waals surface area contributed by atoms with Crippen molar-refractivity contribution in [1.82, 2.24) is 29.4 Å². The van der Waals surface area contributed by atoms with E-state index in [2.05, 4.69) is 27.2 Å². The fourth-order valence-corrected chi connectivity index (χ4v) is 1.61. The van der Waals surface area contributed by atoms with E-state index in [-0.39, 0.29) is 0 Å². The minimum atomic E-state index is 0.783. The van der Waals surface area contributed by atoms with Gasteiger partial charge in [-0.25, -0.2) is 0 Å². The Morgan fingerprint density at radius 2 is 2.12 bits per heavy atom. The van der Waals surface area contributed by atoms with Gasteiger partial charge in [-0.3, -0.25) is 9.58 Å². The van der Waals surface area contributed by atoms with Gasteiger partial charge in [0.2, 0.25) is 0 Å². The summed E-state index contributed by atoms with van der Waals surface area (Å²) in [5.41, 5.74) is 1.20. The molecule has 0 fully saturated rings. The molecule has 0 aliphatic rings. The van der Waals surface area contributed by atoms with E-state index in [1.165, 1.54) is 5.56 Å². The van der Waals surface area contributed by atoms with E-state index in [0.717, 1.165) is 18.9 Å². The number of hydrogen-bond acceptors (Lipinski definition) is 4. The fourth-order valence-electron chi connectivity index (χ4n) is 1.61. The first kappa shape index (κ1) is 10.8. The molecule has 0 atom stereocenters. The maximum Gasteiger partial charge on any atom is 0.146 e. The first-order chi connectivity index (χ1) is 7.65. The van der Waals surface area contributed by atoms with Crippen LogP contribution in [0.25, 0.3) is 0 Å². The topological polar surface area (TPSA) is 51.8 Å². The molecule has 0 unspecified atom stereocenters. The van der Waals surface area contributed by atoms with Crippen LogP contribution in [0.2, 0.25) is 0 Å². The molecule has 0 aromatic carbocycles. The third-order valence-corrected chi connectivity index (χ3v) is 2.43. The molecule has 2 aromatic heterocycles. The Balaban J connectivity index is 1.94. The largest absolute Gasteiger partial charge is 0.320 e. The Morgan fingerprint density at radius 1 is 1.31 bits per heavy atom. The SMILES string of the molecule is CN(Cc1cnn(C)c1)Cc1nncn1C. The lowest BCUT2D eigenvalue weighted by atomic mass is 10.3. The second-order valence-electron chi connectivity index (χ2n) is 4.05. The van der Waals surface area contributed by atoms with Gasteiger partial charge in [0, 0.05) is 32.4 Å². The van der Waals surface area contributed by atoms with Gasteiger partial charge in [-0.1, -0.05) is 0 Å². The van der Waals surface area contributed by atoms with Crippen molar-refractivity contribution in [2.75, 3.05) is 7.05 Å². The second-order valence-corrected chi connectivity index (χ2v) is 4.05. The molecule has 0 N–H and O–H groups in total. The van der Waals surface area contributed by atoms with Crippen LogP contribution in [-0.2, 0) is 27.2 Å². The molecule has 86 valence electrons. The van der Waals surface area contributed by atoms with Crippen LogP contribution < -0.4 is 0 Å². The minimum Gasteiger partial charge on any atom is -0.320 e. The summed E-state index contributed by atoms with van der Waals surface area (Å²) in [7, 11) is 5.93. The van der Waals surface area contributed by atoms with Gasteiger partial charge in [0.1, 0.15) is 12.2 Å². The molecule has 2 aromatic rings. The van der Waals surface area contributed by atoms with Crippen LogP contribution in [0.15, 0.2) is 18.7 Å². The van der Waals surface area contributed by atoms with Gasteiger partial charge in [-0.2, -0.15) is 5.10 Å². The molecule has 6 nitrogen and oxygen atoms in total. The van der Waals surface area contributed by atoms with Gasteiger partial charge < -0.3 is 4.57 Å². The van der Waals surface area contributed by atoms with Gasteiger partial charge in [-0.05, 0) is 7.05 Å². The molecule has 16 heavy (non-hydrogen) atoms. The van der Waals surface area contributed by atoms with E-state index in [9.17, 15) is 0 Å². The maximum atomic E-state index is 4.14. The molecule has 0 aliphatic heterocycles. The van der Waals surface area contributed by atoms with Crippen LogP contribution in [0.4, 0.5) is 0 Å². The van der Waals surface area contributed by atoms with Crippen LogP contribution in [0, 0.1) is 0 Å². The van der Waals surface area contributed by atoms with Crippen molar-refractivity contribution in [2.45, 2.75) is 13.1 Å². The third-order valence-electron chi connectivity index (χ3n) is 2.43. The molecule has 0 saturated carbocycles. The summed E-state index contributed by atoms with van der Waals surface area (Å²) in [4.78, 5) is 2.18. The van der Waals surface area contributed by atoms with Crippen molar-refractivity contribution in [3.63, 3.8) is 0 Å². The molecule has 0 aliphatic carbocycles. The van der Waals surface area contributed by atoms with Crippen molar-refractivity contribution in [2.24, 2.45) is 14.1 Å². The van der Waals surface area contributed by atoms with Crippen molar-refractivity contribution < 1.29 is 0 Å². The first-order valence-corrected chi connectivity index (χ1v) is 5.14. The highest BCUT2D eigenvalue weighted by atomic mass is 15.3. The predicted molar refractivity (Wildman–Crippen MR) is 59.4 cm³/mol. The summed E-state index contributed by atoms with van der Waals surface area (Å²) >= 11 is 0. The van der Waals surface area contributed by atoms with Crippen LogP contribution in [0.1, 0.15) is 11.4 Å². The fraction of sp³-hybridized carbons (Fsp3) is 0.500. The summed E-state index contributed by atoms with van der Waals surface area (Å²) in [6.45, 7) is 1.64. The smallest absolute Gasteiger partial charge is 0.146 e. The zero-order chi connectivity index (χ0) is 11.5. The number of nitrogens with zero attached hydrogens (tertiary/aromatic N) is 6. The van der Waals surface area contributed by atoms with Crippen LogP contribution >= 0.6 is 0 Å². The normalized spacial score (nSPS) is 11.2. The third kappa shape index (κ3) is 2.46. The molecule has 0 saturated heterocycles. The van der Waals surface area contributed by atoms with Crippen molar-refractivity contribution in [3.8, 4) is 0 Å². The van der Waals surface area contributed by atoms with Crippen molar-refractivity contribution >= 4 is 0 Å². The summed E-state index contributed by atoms with van der Waals surface area (Å²) in [5, 5.41) is 12.0. The Bertz CT molecular complexity index is 457. The van der Waals surface area contributed by atoms with E-state index < -0.39 is 0 Å². The van der Waals surface area contributed by atoms with E-state index in [1.54, 1.807) is 6.33 Å². The minimum absolute atomic E-state index is 0.783. The standard InChI is InChI=1S/C10H16N6/c1-14(5-9-4-12-16(3)6-9)7-10-13-11-8-15(10)2/h4,6,8H,5,7H2,1-3H3. The molecule has 0 radical (unpaired) electrons. The summed E-state index contributed by atoms with van der Waals surface area (Å²) in [6.07, 6.45) is 5.62. The predicted octanol–water partition coefficient (Wildman–Crippen LogP) is 0.181. The number of rotatable bonds is 4. The first-order valence-electron chi connectivity index (χ1n) is 5.14. The van der Waals surface area contributed by atoms with Crippen LogP contribution in [-0.4, -0.2) is 36.5 Å². The van der Waals surface area contributed by atoms with Gasteiger partial charge in [0.05, 0.1) is 12.7 Å². The summed E-state index contributed by atoms with van der Waals surface area (Å²) in [6, 6.07) is 0. The molecule has 2 rings (SSSR count). The number of aryl methyl sites for hydroxylation is 2.